The molecule has 0 amide bonds. The number of anilines is 2. The first kappa shape index (κ1) is 34.9. The van der Waals surface area contributed by atoms with E-state index in [1.165, 1.54) is 6.07 Å². The van der Waals surface area contributed by atoms with Crippen LogP contribution < -0.4 is 9.64 Å². The van der Waals surface area contributed by atoms with Crippen molar-refractivity contribution in [2.45, 2.75) is 60.6 Å². The zero-order valence-electron chi connectivity index (χ0n) is 47.6. The minimum atomic E-state index is -2.62. The Hall–Kier alpha value is -7.33. The Morgan fingerprint density at radius 3 is 2.09 bits per heavy atom. The van der Waals surface area contributed by atoms with Gasteiger partial charge < -0.3 is 18.8 Å². The molecule has 3 aromatic heterocycles. The molecular formula is C63H51N4OPt-3. The minimum Gasteiger partial charge on any atom is -0.509 e. The number of ether oxygens (including phenoxy) is 1. The quantitative estimate of drug-likeness (QED) is 0.161. The molecule has 342 valence electrons. The van der Waals surface area contributed by atoms with Gasteiger partial charge in [0.2, 0.25) is 0 Å². The van der Waals surface area contributed by atoms with E-state index in [2.05, 4.69) is 124 Å². The van der Waals surface area contributed by atoms with Crippen LogP contribution in [0.1, 0.15) is 66.5 Å². The van der Waals surface area contributed by atoms with Crippen LogP contribution >= 0.6 is 0 Å². The van der Waals surface area contributed by atoms with Crippen LogP contribution in [-0.4, -0.2) is 14.1 Å². The largest absolute Gasteiger partial charge is 0.509 e. The molecule has 1 aliphatic heterocycles. The summed E-state index contributed by atoms with van der Waals surface area (Å²) in [4.78, 5) is 6.89. The summed E-state index contributed by atoms with van der Waals surface area (Å²) in [6.45, 7) is 5.02. The van der Waals surface area contributed by atoms with E-state index in [1.807, 2.05) is 41.9 Å². The number of fused-ring (bicyclic) bond motifs is 10. The standard InChI is InChI=1S/C63H51N4O.Pt/c1-38-19-28-49-47-14-9-10-15-48(47)51-17-12-18-57-62(51)66(61-41(4)13-11-16-52(61)53(49)31-38)37-65(57)45-26-21-40(3)59(34-45)68-46-27-29-50-54-32-39(2)20-30-56(54)67(58(50)35-46)60-33-42(5)55(36-64-60)43-22-24-44(25-23-43)63(6,7)8;/h9-33,36-37H,1-8H3;/q-3;/i2D3,3D3,5D3;. The second kappa shape index (κ2) is 16.7. The minimum absolute atomic E-state index is 0. The van der Waals surface area contributed by atoms with Crippen molar-refractivity contribution in [3.8, 4) is 28.4 Å². The van der Waals surface area contributed by atoms with E-state index in [0.717, 1.165) is 65.7 Å². The van der Waals surface area contributed by atoms with Crippen molar-refractivity contribution in [3.63, 3.8) is 0 Å². The second-order valence-electron chi connectivity index (χ2n) is 18.9. The van der Waals surface area contributed by atoms with E-state index in [9.17, 15) is 0 Å². The van der Waals surface area contributed by atoms with E-state index in [1.54, 1.807) is 53.2 Å². The van der Waals surface area contributed by atoms with E-state index >= 15 is 0 Å². The van der Waals surface area contributed by atoms with E-state index in [4.69, 9.17) is 22.1 Å². The molecular weight excluding hydrogens is 1020 g/mol. The monoisotopic (exact) mass is 1080 g/mol. The molecule has 0 fully saturated rings. The van der Waals surface area contributed by atoms with Crippen LogP contribution in [0.2, 0.25) is 0 Å². The average molecular weight is 1080 g/mol. The van der Waals surface area contributed by atoms with Gasteiger partial charge in [0.15, 0.2) is 0 Å². The number of aryl methyl sites for hydroxylation is 5. The maximum atomic E-state index is 8.71. The number of para-hydroxylation sites is 2. The molecule has 0 saturated heterocycles. The van der Waals surface area contributed by atoms with Gasteiger partial charge in [0.05, 0.1) is 0 Å². The Balaban J connectivity index is 0.00000645. The number of benzene rings is 8. The average Bonchev–Trinajstić information content (AvgIpc) is 4.12. The van der Waals surface area contributed by atoms with Crippen LogP contribution in [0, 0.1) is 53.2 Å². The van der Waals surface area contributed by atoms with Gasteiger partial charge in [-0.2, -0.15) is 12.1 Å². The van der Waals surface area contributed by atoms with Gasteiger partial charge in [-0.05, 0) is 118 Å². The van der Waals surface area contributed by atoms with Crippen LogP contribution in [0.5, 0.6) is 11.5 Å². The van der Waals surface area contributed by atoms with Gasteiger partial charge in [-0.25, -0.2) is 4.98 Å². The zero-order chi connectivity index (χ0) is 54.1. The van der Waals surface area contributed by atoms with Crippen molar-refractivity contribution < 1.29 is 38.1 Å². The molecule has 1 aliphatic rings. The molecule has 0 saturated carbocycles. The van der Waals surface area contributed by atoms with Crippen molar-refractivity contribution in [1.82, 2.24) is 14.1 Å². The third kappa shape index (κ3) is 7.34. The molecule has 0 radical (unpaired) electrons. The summed E-state index contributed by atoms with van der Waals surface area (Å²) in [5.74, 6) is 0.338. The van der Waals surface area contributed by atoms with Crippen LogP contribution in [-0.2, 0) is 26.5 Å². The van der Waals surface area contributed by atoms with Gasteiger partial charge in [-0.15, -0.1) is 35.2 Å². The normalized spacial score (nSPS) is 14.8. The molecule has 0 unspecified atom stereocenters. The Kier molecular flexibility index (Phi) is 8.45. The molecule has 8 aromatic carbocycles. The van der Waals surface area contributed by atoms with Crippen LogP contribution in [0.25, 0.3) is 82.1 Å². The molecule has 0 spiro atoms. The Bertz CT molecular complexity index is 4320. The van der Waals surface area contributed by atoms with Crippen molar-refractivity contribution in [2.75, 3.05) is 4.90 Å². The van der Waals surface area contributed by atoms with Gasteiger partial charge in [0.25, 0.3) is 0 Å². The second-order valence-corrected chi connectivity index (χ2v) is 18.9. The number of pyridine rings is 1. The molecule has 11 aromatic rings. The molecule has 12 rings (SSSR count). The first-order valence-corrected chi connectivity index (χ1v) is 22.8. The summed E-state index contributed by atoms with van der Waals surface area (Å²) < 4.78 is 87.6. The summed E-state index contributed by atoms with van der Waals surface area (Å²) in [5.41, 5.74) is 8.74. The number of nitrogens with zero attached hydrogens (tertiary/aromatic N) is 4. The first-order chi connectivity index (χ1) is 36.5. The fourth-order valence-electron chi connectivity index (χ4n) is 10.0. The molecule has 0 atom stereocenters. The number of rotatable bonds is 5. The maximum Gasteiger partial charge on any atom is 0.135 e. The molecule has 6 heteroatoms. The third-order valence-corrected chi connectivity index (χ3v) is 13.4. The van der Waals surface area contributed by atoms with E-state index in [-0.39, 0.29) is 60.5 Å². The Labute approximate surface area is 430 Å². The fourth-order valence-corrected chi connectivity index (χ4v) is 10.0. The van der Waals surface area contributed by atoms with E-state index in [0.29, 0.717) is 38.6 Å². The number of hydrogen-bond acceptors (Lipinski definition) is 3. The summed E-state index contributed by atoms with van der Waals surface area (Å²) in [5, 5.41) is 7.65. The predicted molar refractivity (Wildman–Crippen MR) is 285 cm³/mol. The van der Waals surface area contributed by atoms with Gasteiger partial charge in [-0.3, -0.25) is 0 Å². The third-order valence-electron chi connectivity index (χ3n) is 13.4. The molecule has 0 aliphatic carbocycles. The molecule has 69 heavy (non-hydrogen) atoms. The maximum absolute atomic E-state index is 8.71. The Morgan fingerprint density at radius 1 is 0.594 bits per heavy atom. The van der Waals surface area contributed by atoms with Crippen LogP contribution in [0.4, 0.5) is 11.4 Å². The van der Waals surface area contributed by atoms with Gasteiger partial charge in [0.1, 0.15) is 5.82 Å². The first-order valence-electron chi connectivity index (χ1n) is 27.3. The van der Waals surface area contributed by atoms with Crippen molar-refractivity contribution in [2.24, 2.45) is 0 Å². The number of hydrogen-bond donors (Lipinski definition) is 0. The van der Waals surface area contributed by atoms with Crippen LogP contribution in [0.15, 0.2) is 158 Å². The smallest absolute Gasteiger partial charge is 0.135 e. The summed E-state index contributed by atoms with van der Waals surface area (Å²) in [6.07, 6.45) is 1.56. The summed E-state index contributed by atoms with van der Waals surface area (Å²) in [7, 11) is 0. The molecule has 4 heterocycles. The van der Waals surface area contributed by atoms with Crippen molar-refractivity contribution >= 4 is 76.5 Å². The molecule has 0 N–H and O–H groups in total. The van der Waals surface area contributed by atoms with Gasteiger partial charge >= 0.3 is 0 Å². The van der Waals surface area contributed by atoms with E-state index < -0.39 is 20.6 Å². The molecule has 5 nitrogen and oxygen atoms in total. The summed E-state index contributed by atoms with van der Waals surface area (Å²) in [6, 6.07) is 55.3. The predicted octanol–water partition coefficient (Wildman–Crippen LogP) is 16.7. The summed E-state index contributed by atoms with van der Waals surface area (Å²) >= 11 is 0. The van der Waals surface area contributed by atoms with Gasteiger partial charge in [0, 0.05) is 67.9 Å². The Morgan fingerprint density at radius 2 is 1.30 bits per heavy atom. The topological polar surface area (TPSA) is 35.2 Å². The molecule has 0 bridgehead atoms. The van der Waals surface area contributed by atoms with Crippen LogP contribution in [0.3, 0.4) is 0 Å². The van der Waals surface area contributed by atoms with Crippen molar-refractivity contribution in [1.29, 1.82) is 0 Å². The van der Waals surface area contributed by atoms with Gasteiger partial charge in [-0.1, -0.05) is 170 Å². The SMILES string of the molecule is [2H]C([2H])([2H])c1ccc2c(c1)c1ccc(Oc3[c-]c(N4[CH-]n5c6c(C)cccc6c6cc(C)ccc6c6ccccc6c6cccc4c65)ccc3C([2H])([2H])[2H])[c-]c1n2-c1cc(C([2H])([2H])[2H])c(-c2ccc(C(C)(C)C)cc2)cn1.[Pt]. The number of aromatic nitrogens is 3. The van der Waals surface area contributed by atoms with Crippen molar-refractivity contribution in [3.05, 3.63) is 210 Å². The fraction of sp³-hybridized carbons (Fsp3) is 0.143. The zero-order valence-corrected chi connectivity index (χ0v) is 40.9.